The molecule has 6 heteroatoms. The van der Waals surface area contributed by atoms with E-state index < -0.39 is 0 Å². The number of benzene rings is 2. The van der Waals surface area contributed by atoms with E-state index in [0.29, 0.717) is 24.7 Å². The van der Waals surface area contributed by atoms with Crippen LogP contribution in [0.1, 0.15) is 18.9 Å². The summed E-state index contributed by atoms with van der Waals surface area (Å²) < 4.78 is 13.1. The second-order valence-electron chi connectivity index (χ2n) is 6.46. The largest absolute Gasteiger partial charge is 0.490 e. The van der Waals surface area contributed by atoms with Crippen molar-refractivity contribution in [1.82, 2.24) is 14.7 Å². The minimum Gasteiger partial charge on any atom is -0.490 e. The fourth-order valence-corrected chi connectivity index (χ4v) is 2.68. The van der Waals surface area contributed by atoms with E-state index >= 15 is 0 Å². The van der Waals surface area contributed by atoms with Crippen LogP contribution in [-0.4, -0.2) is 40.8 Å². The molecule has 2 aromatic carbocycles. The van der Waals surface area contributed by atoms with Crippen LogP contribution in [0.4, 0.5) is 0 Å². The highest BCUT2D eigenvalue weighted by molar-refractivity contribution is 5.77. The van der Waals surface area contributed by atoms with Crippen molar-refractivity contribution in [2.45, 2.75) is 19.9 Å². The van der Waals surface area contributed by atoms with Crippen LogP contribution in [0.2, 0.25) is 0 Å². The third kappa shape index (κ3) is 5.13. The number of carbonyl (C=O) groups is 1. The van der Waals surface area contributed by atoms with Gasteiger partial charge in [-0.1, -0.05) is 37.3 Å². The molecule has 3 rings (SSSR count). The maximum atomic E-state index is 12.5. The summed E-state index contributed by atoms with van der Waals surface area (Å²) in [6, 6.07) is 17.3. The molecule has 0 atom stereocenters. The third-order valence-electron chi connectivity index (χ3n) is 4.16. The van der Waals surface area contributed by atoms with E-state index in [4.69, 9.17) is 9.47 Å². The first-order valence-corrected chi connectivity index (χ1v) is 9.35. The zero-order valence-electron chi connectivity index (χ0n) is 16.2. The number of para-hydroxylation sites is 3. The summed E-state index contributed by atoms with van der Waals surface area (Å²) in [7, 11) is 1.75. The van der Waals surface area contributed by atoms with Crippen LogP contribution in [0.25, 0.3) is 5.69 Å². The van der Waals surface area contributed by atoms with Gasteiger partial charge in [-0.25, -0.2) is 4.68 Å². The number of nitrogens with zero attached hydrogens (tertiary/aromatic N) is 3. The molecule has 0 aliphatic carbocycles. The summed E-state index contributed by atoms with van der Waals surface area (Å²) in [6.07, 6.45) is 4.60. The Bertz CT molecular complexity index is 893. The van der Waals surface area contributed by atoms with Gasteiger partial charge in [0.25, 0.3) is 5.91 Å². The average molecular weight is 379 g/mol. The van der Waals surface area contributed by atoms with Gasteiger partial charge in [0, 0.05) is 25.4 Å². The predicted molar refractivity (Wildman–Crippen MR) is 108 cm³/mol. The Morgan fingerprint density at radius 2 is 1.71 bits per heavy atom. The second kappa shape index (κ2) is 9.60. The Hall–Kier alpha value is -3.28. The Labute approximate surface area is 165 Å². The van der Waals surface area contributed by atoms with E-state index in [9.17, 15) is 4.79 Å². The quantitative estimate of drug-likeness (QED) is 0.569. The number of hydrogen-bond acceptors (Lipinski definition) is 4. The molecule has 0 aliphatic heterocycles. The summed E-state index contributed by atoms with van der Waals surface area (Å²) in [4.78, 5) is 14.1. The number of carbonyl (C=O) groups excluding carboxylic acids is 1. The van der Waals surface area contributed by atoms with Crippen LogP contribution < -0.4 is 9.47 Å². The van der Waals surface area contributed by atoms with Crippen molar-refractivity contribution in [3.63, 3.8) is 0 Å². The zero-order chi connectivity index (χ0) is 19.8. The number of aromatic nitrogens is 2. The maximum absolute atomic E-state index is 12.5. The fraction of sp³-hybridized carbons (Fsp3) is 0.273. The minimum atomic E-state index is -0.113. The maximum Gasteiger partial charge on any atom is 0.260 e. The molecule has 3 aromatic rings. The van der Waals surface area contributed by atoms with Gasteiger partial charge in [-0.15, -0.1) is 0 Å². The lowest BCUT2D eigenvalue weighted by atomic mass is 10.3. The van der Waals surface area contributed by atoms with E-state index in [1.54, 1.807) is 22.8 Å². The van der Waals surface area contributed by atoms with Crippen molar-refractivity contribution >= 4 is 5.91 Å². The molecular formula is C22H25N3O3. The lowest BCUT2D eigenvalue weighted by Crippen LogP contribution is -2.30. The highest BCUT2D eigenvalue weighted by Gasteiger charge is 2.13. The summed E-state index contributed by atoms with van der Waals surface area (Å²) in [5.41, 5.74) is 1.93. The van der Waals surface area contributed by atoms with E-state index in [2.05, 4.69) is 5.10 Å². The molecule has 0 saturated heterocycles. The van der Waals surface area contributed by atoms with Gasteiger partial charge >= 0.3 is 0 Å². The number of amides is 1. The Balaban J connectivity index is 1.55. The third-order valence-corrected chi connectivity index (χ3v) is 4.16. The van der Waals surface area contributed by atoms with E-state index in [-0.39, 0.29) is 12.5 Å². The van der Waals surface area contributed by atoms with Gasteiger partial charge in [0.15, 0.2) is 18.1 Å². The molecule has 146 valence electrons. The summed E-state index contributed by atoms with van der Waals surface area (Å²) >= 11 is 0. The lowest BCUT2D eigenvalue weighted by Gasteiger charge is -2.17. The standard InChI is InChI=1S/C22H25N3O3/c1-3-13-27-20-11-7-8-12-21(20)28-17-22(26)24(2)15-18-14-23-25(16-18)19-9-5-4-6-10-19/h4-12,14,16H,3,13,15,17H2,1-2H3. The average Bonchev–Trinajstić information content (AvgIpc) is 3.20. The molecular weight excluding hydrogens is 354 g/mol. The number of hydrogen-bond donors (Lipinski definition) is 0. The topological polar surface area (TPSA) is 56.6 Å². The lowest BCUT2D eigenvalue weighted by molar-refractivity contribution is -0.132. The summed E-state index contributed by atoms with van der Waals surface area (Å²) in [5, 5.41) is 4.36. The van der Waals surface area contributed by atoms with Gasteiger partial charge in [-0.05, 0) is 30.7 Å². The van der Waals surface area contributed by atoms with Gasteiger partial charge in [-0.3, -0.25) is 4.79 Å². The van der Waals surface area contributed by atoms with E-state index in [1.165, 1.54) is 0 Å². The first-order chi connectivity index (χ1) is 13.7. The molecule has 1 heterocycles. The second-order valence-corrected chi connectivity index (χ2v) is 6.46. The smallest absolute Gasteiger partial charge is 0.260 e. The van der Waals surface area contributed by atoms with Crippen LogP contribution in [-0.2, 0) is 11.3 Å². The molecule has 28 heavy (non-hydrogen) atoms. The zero-order valence-corrected chi connectivity index (χ0v) is 16.2. The molecule has 0 N–H and O–H groups in total. The molecule has 6 nitrogen and oxygen atoms in total. The minimum absolute atomic E-state index is 0.0458. The van der Waals surface area contributed by atoms with Crippen molar-refractivity contribution < 1.29 is 14.3 Å². The van der Waals surface area contributed by atoms with Crippen LogP contribution in [0.5, 0.6) is 11.5 Å². The molecule has 0 spiro atoms. The van der Waals surface area contributed by atoms with Crippen LogP contribution >= 0.6 is 0 Å². The summed E-state index contributed by atoms with van der Waals surface area (Å²) in [5.74, 6) is 1.12. The fourth-order valence-electron chi connectivity index (χ4n) is 2.68. The monoisotopic (exact) mass is 379 g/mol. The van der Waals surface area contributed by atoms with Crippen LogP contribution in [0, 0.1) is 0 Å². The molecule has 1 aromatic heterocycles. The van der Waals surface area contributed by atoms with Crippen molar-refractivity contribution in [2.75, 3.05) is 20.3 Å². The van der Waals surface area contributed by atoms with Gasteiger partial charge in [-0.2, -0.15) is 5.10 Å². The predicted octanol–water partition coefficient (Wildman–Crippen LogP) is 3.70. The first kappa shape index (κ1) is 19.5. The SMILES string of the molecule is CCCOc1ccccc1OCC(=O)N(C)Cc1cnn(-c2ccccc2)c1. The van der Waals surface area contributed by atoms with Crippen LogP contribution in [0.15, 0.2) is 67.0 Å². The normalized spacial score (nSPS) is 10.5. The number of rotatable bonds is 9. The van der Waals surface area contributed by atoms with E-state index in [1.807, 2.05) is 67.7 Å². The highest BCUT2D eigenvalue weighted by atomic mass is 16.5. The van der Waals surface area contributed by atoms with E-state index in [0.717, 1.165) is 17.7 Å². The number of ether oxygens (including phenoxy) is 2. The molecule has 0 bridgehead atoms. The summed E-state index contributed by atoms with van der Waals surface area (Å²) in [6.45, 7) is 3.07. The van der Waals surface area contributed by atoms with Crippen molar-refractivity contribution in [3.05, 3.63) is 72.6 Å². The molecule has 0 unspecified atom stereocenters. The molecule has 0 fully saturated rings. The van der Waals surface area contributed by atoms with Crippen LogP contribution in [0.3, 0.4) is 0 Å². The molecule has 0 radical (unpaired) electrons. The van der Waals surface area contributed by atoms with Crippen molar-refractivity contribution in [2.24, 2.45) is 0 Å². The van der Waals surface area contributed by atoms with Gasteiger partial charge in [0.1, 0.15) is 0 Å². The highest BCUT2D eigenvalue weighted by Crippen LogP contribution is 2.26. The molecule has 0 aliphatic rings. The Morgan fingerprint density at radius 3 is 2.43 bits per heavy atom. The van der Waals surface area contributed by atoms with Crippen molar-refractivity contribution in [3.8, 4) is 17.2 Å². The Kier molecular flexibility index (Phi) is 6.68. The first-order valence-electron chi connectivity index (χ1n) is 9.35. The molecule has 1 amide bonds. The van der Waals surface area contributed by atoms with Crippen molar-refractivity contribution in [1.29, 1.82) is 0 Å². The molecule has 0 saturated carbocycles. The van der Waals surface area contributed by atoms with Gasteiger partial charge in [0.2, 0.25) is 0 Å². The number of likely N-dealkylation sites (N-methyl/N-ethyl adjacent to an activating group) is 1. The van der Waals surface area contributed by atoms with Gasteiger partial charge < -0.3 is 14.4 Å². The van der Waals surface area contributed by atoms with Gasteiger partial charge in [0.05, 0.1) is 18.5 Å². The Morgan fingerprint density at radius 1 is 1.04 bits per heavy atom.